The number of carbonyl (C=O) groups is 2. The molecule has 3 rings (SSSR count). The van der Waals surface area contributed by atoms with Gasteiger partial charge in [-0.1, -0.05) is 47.5 Å². The topological polar surface area (TPSA) is 60.3 Å². The third kappa shape index (κ3) is 4.98. The number of aryl methyl sites for hydroxylation is 2. The molecule has 1 N–H and O–H groups in total. The van der Waals surface area contributed by atoms with Crippen LogP contribution >= 0.6 is 0 Å². The summed E-state index contributed by atoms with van der Waals surface area (Å²) in [7, 11) is 0. The first-order valence-corrected chi connectivity index (χ1v) is 10.2. The van der Waals surface area contributed by atoms with E-state index in [0.29, 0.717) is 25.1 Å². The summed E-state index contributed by atoms with van der Waals surface area (Å²) in [5.41, 5.74) is 6.32. The van der Waals surface area contributed by atoms with Crippen LogP contribution in [-0.4, -0.2) is 23.1 Å². The van der Waals surface area contributed by atoms with Crippen molar-refractivity contribution in [2.24, 2.45) is 0 Å². The van der Waals surface area contributed by atoms with Crippen molar-refractivity contribution in [3.8, 4) is 11.3 Å². The van der Waals surface area contributed by atoms with Crippen LogP contribution in [0.1, 0.15) is 40.5 Å². The molecule has 0 aliphatic rings. The number of hydrogen-bond acceptors (Lipinski definition) is 3. The van der Waals surface area contributed by atoms with E-state index >= 15 is 0 Å². The van der Waals surface area contributed by atoms with Crippen LogP contribution in [0.25, 0.3) is 11.3 Å². The molecule has 5 heteroatoms. The highest BCUT2D eigenvalue weighted by Gasteiger charge is 2.20. The lowest BCUT2D eigenvalue weighted by Gasteiger charge is -2.13. The van der Waals surface area contributed by atoms with Crippen LogP contribution < -0.4 is 5.32 Å². The molecule has 0 spiro atoms. The van der Waals surface area contributed by atoms with Crippen LogP contribution in [-0.2, 0) is 16.1 Å². The summed E-state index contributed by atoms with van der Waals surface area (Å²) in [5, 5.41) is 2.93. The highest BCUT2D eigenvalue weighted by atomic mass is 16.5. The van der Waals surface area contributed by atoms with Gasteiger partial charge in [0.05, 0.1) is 12.2 Å². The van der Waals surface area contributed by atoms with Gasteiger partial charge in [-0.3, -0.25) is 4.79 Å². The number of carbonyl (C=O) groups excluding carboxylic acids is 2. The average Bonchev–Trinajstić information content (AvgIpc) is 3.05. The van der Waals surface area contributed by atoms with Crippen LogP contribution in [0.3, 0.4) is 0 Å². The van der Waals surface area contributed by atoms with Gasteiger partial charge in [0, 0.05) is 30.0 Å². The van der Waals surface area contributed by atoms with Gasteiger partial charge in [0.2, 0.25) is 5.91 Å². The Bertz CT molecular complexity index is 1030. The predicted octanol–water partition coefficient (Wildman–Crippen LogP) is 5.29. The van der Waals surface area contributed by atoms with Crippen molar-refractivity contribution in [3.05, 3.63) is 77.0 Å². The number of ether oxygens (including phenoxy) is 1. The lowest BCUT2D eigenvalue weighted by molar-refractivity contribution is -0.116. The number of nitrogens with one attached hydrogen (secondary N) is 1. The molecule has 0 aliphatic carbocycles. The maximum Gasteiger partial charge on any atom is 0.339 e. The van der Waals surface area contributed by atoms with E-state index in [4.69, 9.17) is 4.74 Å². The van der Waals surface area contributed by atoms with Crippen molar-refractivity contribution in [1.29, 1.82) is 0 Å². The largest absolute Gasteiger partial charge is 0.462 e. The Morgan fingerprint density at radius 2 is 1.53 bits per heavy atom. The summed E-state index contributed by atoms with van der Waals surface area (Å²) < 4.78 is 7.23. The van der Waals surface area contributed by atoms with E-state index in [9.17, 15) is 9.59 Å². The lowest BCUT2D eigenvalue weighted by atomic mass is 10.1. The highest BCUT2D eigenvalue weighted by Crippen LogP contribution is 2.27. The predicted molar refractivity (Wildman–Crippen MR) is 120 cm³/mol. The number of benzene rings is 2. The summed E-state index contributed by atoms with van der Waals surface area (Å²) in [4.78, 5) is 24.9. The smallest absolute Gasteiger partial charge is 0.339 e. The van der Waals surface area contributed by atoms with Gasteiger partial charge in [-0.15, -0.1) is 0 Å². The first-order valence-electron chi connectivity index (χ1n) is 10.2. The Morgan fingerprint density at radius 1 is 0.933 bits per heavy atom. The molecule has 2 aromatic carbocycles. The summed E-state index contributed by atoms with van der Waals surface area (Å²) in [5.74, 6) is -0.411. The Morgan fingerprint density at radius 3 is 2.13 bits per heavy atom. The van der Waals surface area contributed by atoms with Crippen molar-refractivity contribution < 1.29 is 14.3 Å². The third-order valence-electron chi connectivity index (χ3n) is 5.11. The SMILES string of the molecule is CCOC(=O)c1cc(-c2ccc(C)cc2)n(CCC(=O)Nc2ccc(C)cc2)c1C. The second-order valence-electron chi connectivity index (χ2n) is 7.43. The molecule has 5 nitrogen and oxygen atoms in total. The minimum absolute atomic E-state index is 0.0699. The van der Waals surface area contributed by atoms with Crippen molar-refractivity contribution >= 4 is 17.6 Å². The molecule has 3 aromatic rings. The molecule has 0 aliphatic heterocycles. The fraction of sp³-hybridized carbons (Fsp3) is 0.280. The molecule has 1 aromatic heterocycles. The molecule has 30 heavy (non-hydrogen) atoms. The minimum atomic E-state index is -0.341. The van der Waals surface area contributed by atoms with E-state index in [0.717, 1.165) is 33.8 Å². The van der Waals surface area contributed by atoms with E-state index in [1.807, 2.05) is 79.9 Å². The fourth-order valence-electron chi connectivity index (χ4n) is 3.39. The van der Waals surface area contributed by atoms with Crippen LogP contribution in [0, 0.1) is 20.8 Å². The van der Waals surface area contributed by atoms with Gasteiger partial charge >= 0.3 is 5.97 Å². The molecule has 1 heterocycles. The van der Waals surface area contributed by atoms with Gasteiger partial charge in [0.1, 0.15) is 0 Å². The number of esters is 1. The molecule has 1 amide bonds. The number of hydrogen-bond donors (Lipinski definition) is 1. The van der Waals surface area contributed by atoms with Gasteiger partial charge in [-0.05, 0) is 51.5 Å². The van der Waals surface area contributed by atoms with Gasteiger partial charge in [0.15, 0.2) is 0 Å². The van der Waals surface area contributed by atoms with Crippen molar-refractivity contribution in [1.82, 2.24) is 4.57 Å². The van der Waals surface area contributed by atoms with Gasteiger partial charge in [-0.2, -0.15) is 0 Å². The van der Waals surface area contributed by atoms with Crippen molar-refractivity contribution in [2.75, 3.05) is 11.9 Å². The maximum absolute atomic E-state index is 12.5. The Hall–Kier alpha value is -3.34. The second kappa shape index (κ2) is 9.44. The summed E-state index contributed by atoms with van der Waals surface area (Å²) >= 11 is 0. The number of rotatable bonds is 7. The standard InChI is InChI=1S/C25H28N2O3/c1-5-30-25(29)22-16-23(20-10-6-17(2)7-11-20)27(19(22)4)15-14-24(28)26-21-12-8-18(3)9-13-21/h6-13,16H,5,14-15H2,1-4H3,(H,26,28). The molecular weight excluding hydrogens is 376 g/mol. The van der Waals surface area contributed by atoms with Crippen LogP contribution in [0.4, 0.5) is 5.69 Å². The zero-order chi connectivity index (χ0) is 21.7. The van der Waals surface area contributed by atoms with Crippen LogP contribution in [0.5, 0.6) is 0 Å². The first kappa shape index (κ1) is 21.4. The van der Waals surface area contributed by atoms with E-state index in [1.165, 1.54) is 0 Å². The molecule has 0 unspecified atom stereocenters. The third-order valence-corrected chi connectivity index (χ3v) is 5.11. The fourth-order valence-corrected chi connectivity index (χ4v) is 3.39. The summed E-state index contributed by atoms with van der Waals surface area (Å²) in [6, 6.07) is 17.7. The van der Waals surface area contributed by atoms with Gasteiger partial charge in [-0.25, -0.2) is 4.79 Å². The van der Waals surface area contributed by atoms with E-state index < -0.39 is 0 Å². The zero-order valence-electron chi connectivity index (χ0n) is 18.0. The average molecular weight is 405 g/mol. The molecule has 0 fully saturated rings. The zero-order valence-corrected chi connectivity index (χ0v) is 18.0. The van der Waals surface area contributed by atoms with E-state index in [-0.39, 0.29) is 11.9 Å². The maximum atomic E-state index is 12.5. The second-order valence-corrected chi connectivity index (χ2v) is 7.43. The minimum Gasteiger partial charge on any atom is -0.462 e. The molecular formula is C25H28N2O3. The van der Waals surface area contributed by atoms with Gasteiger partial charge in [0.25, 0.3) is 0 Å². The quantitative estimate of drug-likeness (QED) is 0.545. The van der Waals surface area contributed by atoms with E-state index in [1.54, 1.807) is 6.92 Å². The van der Waals surface area contributed by atoms with Crippen LogP contribution in [0.2, 0.25) is 0 Å². The molecule has 0 saturated heterocycles. The molecule has 0 radical (unpaired) electrons. The van der Waals surface area contributed by atoms with E-state index in [2.05, 4.69) is 5.32 Å². The highest BCUT2D eigenvalue weighted by molar-refractivity contribution is 5.93. The summed E-state index contributed by atoms with van der Waals surface area (Å²) in [6.07, 6.45) is 0.296. The Balaban J connectivity index is 1.84. The monoisotopic (exact) mass is 404 g/mol. The number of amides is 1. The van der Waals surface area contributed by atoms with Crippen molar-refractivity contribution in [3.63, 3.8) is 0 Å². The Labute approximate surface area is 177 Å². The van der Waals surface area contributed by atoms with Crippen molar-refractivity contribution in [2.45, 2.75) is 40.7 Å². The molecule has 0 saturated carbocycles. The molecule has 0 bridgehead atoms. The first-order chi connectivity index (χ1) is 14.4. The van der Waals surface area contributed by atoms with Crippen LogP contribution in [0.15, 0.2) is 54.6 Å². The lowest BCUT2D eigenvalue weighted by Crippen LogP contribution is -2.16. The number of nitrogens with zero attached hydrogens (tertiary/aromatic N) is 1. The number of aromatic nitrogens is 1. The number of anilines is 1. The normalized spacial score (nSPS) is 10.7. The van der Waals surface area contributed by atoms with Gasteiger partial charge < -0.3 is 14.6 Å². The molecule has 0 atom stereocenters. The Kier molecular flexibility index (Phi) is 6.72. The molecule has 156 valence electrons. The summed E-state index contributed by atoms with van der Waals surface area (Å²) in [6.45, 7) is 8.51.